The first-order chi connectivity index (χ1) is 9.10. The van der Waals surface area contributed by atoms with E-state index < -0.39 is 5.82 Å². The quantitative estimate of drug-likeness (QED) is 0.884. The van der Waals surface area contributed by atoms with Crippen molar-refractivity contribution in [2.24, 2.45) is 5.73 Å². The summed E-state index contributed by atoms with van der Waals surface area (Å²) in [4.78, 5) is 0. The zero-order valence-corrected chi connectivity index (χ0v) is 12.3. The van der Waals surface area contributed by atoms with Gasteiger partial charge in [-0.3, -0.25) is 0 Å². The lowest BCUT2D eigenvalue weighted by molar-refractivity contribution is 0.477. The molecule has 0 fully saturated rings. The summed E-state index contributed by atoms with van der Waals surface area (Å²) in [5.74, 6) is 0.661. The van der Waals surface area contributed by atoms with Crippen LogP contribution in [0.15, 0.2) is 40.9 Å². The Labute approximate surface area is 124 Å². The number of hydrogen-bond acceptors (Lipinski definition) is 2. The van der Waals surface area contributed by atoms with Crippen LogP contribution < -0.4 is 10.5 Å². The predicted molar refractivity (Wildman–Crippen MR) is 78.4 cm³/mol. The summed E-state index contributed by atoms with van der Waals surface area (Å²) >= 11 is 9.14. The molecule has 100 valence electrons. The minimum Gasteiger partial charge on any atom is -0.456 e. The standard InChI is InChI=1S/C14H12BrClFNO/c15-11-7-9(5-6-18)1-4-14(11)19-10-2-3-13(17)12(16)8-10/h1-4,7-8H,5-6,18H2. The largest absolute Gasteiger partial charge is 0.456 e. The van der Waals surface area contributed by atoms with Gasteiger partial charge >= 0.3 is 0 Å². The van der Waals surface area contributed by atoms with Gasteiger partial charge < -0.3 is 10.5 Å². The van der Waals surface area contributed by atoms with Gasteiger partial charge in [0, 0.05) is 6.07 Å². The molecule has 2 N–H and O–H groups in total. The summed E-state index contributed by atoms with van der Waals surface area (Å²) < 4.78 is 19.5. The molecule has 0 saturated heterocycles. The molecular formula is C14H12BrClFNO. The van der Waals surface area contributed by atoms with Gasteiger partial charge in [-0.05, 0) is 58.7 Å². The molecule has 0 aromatic heterocycles. The highest BCUT2D eigenvalue weighted by atomic mass is 79.9. The number of ether oxygens (including phenoxy) is 1. The molecule has 0 radical (unpaired) electrons. The Morgan fingerprint density at radius 3 is 2.63 bits per heavy atom. The maximum atomic E-state index is 13.0. The first-order valence-corrected chi connectivity index (χ1v) is 6.88. The number of rotatable bonds is 4. The van der Waals surface area contributed by atoms with Crippen molar-refractivity contribution >= 4 is 27.5 Å². The van der Waals surface area contributed by atoms with E-state index >= 15 is 0 Å². The molecular weight excluding hydrogens is 333 g/mol. The number of benzene rings is 2. The second-order valence-corrected chi connectivity index (χ2v) is 5.24. The van der Waals surface area contributed by atoms with Gasteiger partial charge in [0.1, 0.15) is 17.3 Å². The molecule has 0 aliphatic heterocycles. The van der Waals surface area contributed by atoms with Crippen molar-refractivity contribution in [2.45, 2.75) is 6.42 Å². The fourth-order valence-electron chi connectivity index (χ4n) is 1.62. The minimum absolute atomic E-state index is 0.0355. The van der Waals surface area contributed by atoms with Gasteiger partial charge in [-0.15, -0.1) is 0 Å². The zero-order valence-electron chi connectivity index (χ0n) is 10.00. The van der Waals surface area contributed by atoms with Gasteiger partial charge in [0.05, 0.1) is 9.50 Å². The predicted octanol–water partition coefficient (Wildman–Crippen LogP) is 4.54. The Hall–Kier alpha value is -1.10. The van der Waals surface area contributed by atoms with E-state index in [1.165, 1.54) is 18.2 Å². The Balaban J connectivity index is 2.20. The molecule has 0 spiro atoms. The lowest BCUT2D eigenvalue weighted by Gasteiger charge is -2.09. The summed E-state index contributed by atoms with van der Waals surface area (Å²) in [6, 6.07) is 9.98. The SMILES string of the molecule is NCCc1ccc(Oc2ccc(F)c(Cl)c2)c(Br)c1. The number of halogens is 3. The van der Waals surface area contributed by atoms with Crippen molar-refractivity contribution in [3.05, 3.63) is 57.3 Å². The van der Waals surface area contributed by atoms with Crippen LogP contribution in [0.1, 0.15) is 5.56 Å². The normalized spacial score (nSPS) is 10.5. The van der Waals surface area contributed by atoms with Crippen LogP contribution in [0.3, 0.4) is 0 Å². The van der Waals surface area contributed by atoms with E-state index in [-0.39, 0.29) is 5.02 Å². The number of hydrogen-bond donors (Lipinski definition) is 1. The Morgan fingerprint density at radius 1 is 1.21 bits per heavy atom. The highest BCUT2D eigenvalue weighted by Gasteiger charge is 2.06. The van der Waals surface area contributed by atoms with Crippen molar-refractivity contribution in [2.75, 3.05) is 6.54 Å². The smallest absolute Gasteiger partial charge is 0.142 e. The first kappa shape index (κ1) is 14.3. The summed E-state index contributed by atoms with van der Waals surface area (Å²) in [6.45, 7) is 0.597. The van der Waals surface area contributed by atoms with E-state index in [0.717, 1.165) is 16.5 Å². The lowest BCUT2D eigenvalue weighted by atomic mass is 10.1. The number of nitrogens with two attached hydrogens (primary N) is 1. The molecule has 5 heteroatoms. The maximum Gasteiger partial charge on any atom is 0.142 e. The molecule has 0 atom stereocenters. The van der Waals surface area contributed by atoms with Crippen molar-refractivity contribution in [1.82, 2.24) is 0 Å². The lowest BCUT2D eigenvalue weighted by Crippen LogP contribution is -2.02. The highest BCUT2D eigenvalue weighted by Crippen LogP contribution is 2.32. The Morgan fingerprint density at radius 2 is 2.00 bits per heavy atom. The molecule has 0 amide bonds. The zero-order chi connectivity index (χ0) is 13.8. The molecule has 2 aromatic carbocycles. The summed E-state index contributed by atoms with van der Waals surface area (Å²) in [5, 5.41) is 0.0355. The van der Waals surface area contributed by atoms with Crippen LogP contribution in [-0.2, 0) is 6.42 Å². The second kappa shape index (κ2) is 6.37. The fraction of sp³-hybridized carbons (Fsp3) is 0.143. The molecule has 0 aliphatic carbocycles. The van der Waals surface area contributed by atoms with E-state index in [0.29, 0.717) is 18.0 Å². The van der Waals surface area contributed by atoms with Gasteiger partial charge in [0.25, 0.3) is 0 Å². The van der Waals surface area contributed by atoms with Crippen LogP contribution in [0.2, 0.25) is 5.02 Å². The molecule has 0 aliphatic rings. The highest BCUT2D eigenvalue weighted by molar-refractivity contribution is 9.10. The van der Waals surface area contributed by atoms with E-state index in [1.54, 1.807) is 0 Å². The average Bonchev–Trinajstić information content (AvgIpc) is 2.37. The van der Waals surface area contributed by atoms with Crippen LogP contribution in [0, 0.1) is 5.82 Å². The van der Waals surface area contributed by atoms with E-state index in [4.69, 9.17) is 22.1 Å². The molecule has 2 nitrogen and oxygen atoms in total. The summed E-state index contributed by atoms with van der Waals surface area (Å²) in [6.07, 6.45) is 0.807. The van der Waals surface area contributed by atoms with E-state index in [9.17, 15) is 4.39 Å². The minimum atomic E-state index is -0.466. The maximum absolute atomic E-state index is 13.0. The van der Waals surface area contributed by atoms with Gasteiger partial charge in [-0.1, -0.05) is 17.7 Å². The van der Waals surface area contributed by atoms with E-state index in [1.807, 2.05) is 18.2 Å². The van der Waals surface area contributed by atoms with E-state index in [2.05, 4.69) is 15.9 Å². The third kappa shape index (κ3) is 3.69. The van der Waals surface area contributed by atoms with Crippen LogP contribution >= 0.6 is 27.5 Å². The third-order valence-corrected chi connectivity index (χ3v) is 3.46. The molecule has 0 saturated carbocycles. The topological polar surface area (TPSA) is 35.2 Å². The molecule has 2 rings (SSSR count). The van der Waals surface area contributed by atoms with Crippen molar-refractivity contribution < 1.29 is 9.13 Å². The van der Waals surface area contributed by atoms with Crippen molar-refractivity contribution in [3.63, 3.8) is 0 Å². The van der Waals surface area contributed by atoms with Crippen LogP contribution in [0.25, 0.3) is 0 Å². The van der Waals surface area contributed by atoms with Gasteiger partial charge in [0.15, 0.2) is 0 Å². The molecule has 0 unspecified atom stereocenters. The summed E-state index contributed by atoms with van der Waals surface area (Å²) in [7, 11) is 0. The third-order valence-electron chi connectivity index (χ3n) is 2.55. The Kier molecular flexibility index (Phi) is 4.80. The average molecular weight is 345 g/mol. The molecule has 19 heavy (non-hydrogen) atoms. The Bertz CT molecular complexity index is 592. The monoisotopic (exact) mass is 343 g/mol. The van der Waals surface area contributed by atoms with Crippen LogP contribution in [0.5, 0.6) is 11.5 Å². The molecule has 0 heterocycles. The fourth-order valence-corrected chi connectivity index (χ4v) is 2.29. The van der Waals surface area contributed by atoms with Gasteiger partial charge in [0.2, 0.25) is 0 Å². The molecule has 2 aromatic rings. The van der Waals surface area contributed by atoms with Crippen molar-refractivity contribution in [3.8, 4) is 11.5 Å². The summed E-state index contributed by atoms with van der Waals surface area (Å²) in [5.41, 5.74) is 6.63. The van der Waals surface area contributed by atoms with Gasteiger partial charge in [-0.25, -0.2) is 4.39 Å². The first-order valence-electron chi connectivity index (χ1n) is 5.71. The molecule has 0 bridgehead atoms. The second-order valence-electron chi connectivity index (χ2n) is 3.98. The van der Waals surface area contributed by atoms with Crippen molar-refractivity contribution in [1.29, 1.82) is 0 Å². The van der Waals surface area contributed by atoms with Crippen LogP contribution in [-0.4, -0.2) is 6.54 Å². The van der Waals surface area contributed by atoms with Gasteiger partial charge in [-0.2, -0.15) is 0 Å². The van der Waals surface area contributed by atoms with Crippen LogP contribution in [0.4, 0.5) is 4.39 Å².